The molecule has 13 nitrogen and oxygen atoms in total. The average molecular weight is 485 g/mol. The lowest BCUT2D eigenvalue weighted by Gasteiger charge is -2.40. The van der Waals surface area contributed by atoms with E-state index in [1.165, 1.54) is 31.3 Å². The van der Waals surface area contributed by atoms with Gasteiger partial charge in [0.1, 0.15) is 12.6 Å². The number of amides is 3. The minimum Gasteiger partial charge on any atom is -0.481 e. The Morgan fingerprint density at radius 3 is 2.27 bits per heavy atom. The number of aliphatic carboxylic acids is 2. The minimum atomic E-state index is -1.35. The van der Waals surface area contributed by atoms with Gasteiger partial charge in [0.25, 0.3) is 5.91 Å². The maximum atomic E-state index is 12.8. The summed E-state index contributed by atoms with van der Waals surface area (Å²) in [6.07, 6.45) is -0.678. The van der Waals surface area contributed by atoms with E-state index in [1.807, 2.05) is 0 Å². The summed E-state index contributed by atoms with van der Waals surface area (Å²) in [5.41, 5.74) is 6.01. The SMILES string of the molecule is CN(CC(=O)N1CCN(CC(=O)O)C(=O)[C@@H]1CC(=O)O)C(=O)c1ccc(NC(=N)N)cc1.Cl. The lowest BCUT2D eigenvalue weighted by atomic mass is 10.1. The van der Waals surface area contributed by atoms with Gasteiger partial charge in [0, 0.05) is 31.4 Å². The zero-order valence-corrected chi connectivity index (χ0v) is 18.5. The second-order valence-electron chi connectivity index (χ2n) is 7.13. The van der Waals surface area contributed by atoms with Crippen LogP contribution >= 0.6 is 12.4 Å². The van der Waals surface area contributed by atoms with E-state index in [2.05, 4.69) is 5.32 Å². The van der Waals surface area contributed by atoms with Crippen molar-refractivity contribution in [2.24, 2.45) is 5.73 Å². The molecule has 0 aliphatic carbocycles. The van der Waals surface area contributed by atoms with Crippen LogP contribution in [0, 0.1) is 5.41 Å². The Kier molecular flexibility index (Phi) is 9.60. The number of carboxylic acid groups (broad SMARTS) is 2. The molecule has 6 N–H and O–H groups in total. The summed E-state index contributed by atoms with van der Waals surface area (Å²) < 4.78 is 0. The third-order valence-electron chi connectivity index (χ3n) is 4.73. The standard InChI is InChI=1S/C19H24N6O7.ClH/c1-23(17(31)11-2-4-12(5-3-11)22-19(20)21)9-14(26)25-7-6-24(10-16(29)30)18(32)13(25)8-15(27)28;/h2-5,13H,6-10H2,1H3,(H,27,28)(H,29,30)(H4,20,21,22);1H/t13-;/m0./s1. The molecule has 3 amide bonds. The van der Waals surface area contributed by atoms with Gasteiger partial charge in [0.05, 0.1) is 13.0 Å². The van der Waals surface area contributed by atoms with Crippen LogP contribution in [0.15, 0.2) is 24.3 Å². The van der Waals surface area contributed by atoms with Gasteiger partial charge in [-0.3, -0.25) is 29.4 Å². The zero-order chi connectivity index (χ0) is 24.0. The smallest absolute Gasteiger partial charge is 0.323 e. The van der Waals surface area contributed by atoms with Crippen LogP contribution in [-0.2, 0) is 19.2 Å². The molecule has 14 heteroatoms. The van der Waals surface area contributed by atoms with Crippen LogP contribution in [-0.4, -0.2) is 99.8 Å². The van der Waals surface area contributed by atoms with E-state index in [9.17, 15) is 24.0 Å². The summed E-state index contributed by atoms with van der Waals surface area (Å²) in [6, 6.07) is 4.68. The molecular formula is C19H25ClN6O7. The van der Waals surface area contributed by atoms with Crippen molar-refractivity contribution in [1.29, 1.82) is 5.41 Å². The van der Waals surface area contributed by atoms with Crippen molar-refractivity contribution in [2.45, 2.75) is 12.5 Å². The molecular weight excluding hydrogens is 460 g/mol. The number of carbonyl (C=O) groups is 5. The van der Waals surface area contributed by atoms with Gasteiger partial charge in [-0.15, -0.1) is 12.4 Å². The van der Waals surface area contributed by atoms with E-state index >= 15 is 0 Å². The molecule has 2 rings (SSSR count). The van der Waals surface area contributed by atoms with Crippen molar-refractivity contribution >= 4 is 53.7 Å². The molecule has 0 spiro atoms. The molecule has 33 heavy (non-hydrogen) atoms. The van der Waals surface area contributed by atoms with Gasteiger partial charge in [0.15, 0.2) is 5.96 Å². The first-order valence-electron chi connectivity index (χ1n) is 9.48. The molecule has 1 aliphatic rings. The largest absolute Gasteiger partial charge is 0.481 e. The van der Waals surface area contributed by atoms with E-state index in [0.29, 0.717) is 5.69 Å². The molecule has 180 valence electrons. The van der Waals surface area contributed by atoms with E-state index in [-0.39, 0.29) is 37.0 Å². The van der Waals surface area contributed by atoms with E-state index in [1.54, 1.807) is 0 Å². The van der Waals surface area contributed by atoms with Gasteiger partial charge in [0.2, 0.25) is 11.8 Å². The predicted molar refractivity (Wildman–Crippen MR) is 118 cm³/mol. The topological polar surface area (TPSA) is 197 Å². The fourth-order valence-electron chi connectivity index (χ4n) is 3.26. The quantitative estimate of drug-likeness (QED) is 0.229. The molecule has 1 heterocycles. The normalized spacial score (nSPS) is 15.3. The molecule has 1 atom stereocenters. The monoisotopic (exact) mass is 484 g/mol. The number of carboxylic acids is 2. The minimum absolute atomic E-state index is 0. The fraction of sp³-hybridized carbons (Fsp3) is 0.368. The fourth-order valence-corrected chi connectivity index (χ4v) is 3.26. The van der Waals surface area contributed by atoms with Gasteiger partial charge < -0.3 is 36.0 Å². The zero-order valence-electron chi connectivity index (χ0n) is 17.7. The second kappa shape index (κ2) is 11.7. The van der Waals surface area contributed by atoms with Crippen LogP contribution < -0.4 is 11.1 Å². The molecule has 1 saturated heterocycles. The number of hydrogen-bond donors (Lipinski definition) is 5. The van der Waals surface area contributed by atoms with Crippen LogP contribution in [0.1, 0.15) is 16.8 Å². The lowest BCUT2D eigenvalue weighted by molar-refractivity contribution is -0.158. The van der Waals surface area contributed by atoms with E-state index in [4.69, 9.17) is 21.4 Å². The highest BCUT2D eigenvalue weighted by Crippen LogP contribution is 2.16. The highest BCUT2D eigenvalue weighted by molar-refractivity contribution is 5.98. The Morgan fingerprint density at radius 1 is 1.15 bits per heavy atom. The first-order valence-corrected chi connectivity index (χ1v) is 9.48. The number of hydrogen-bond acceptors (Lipinski definition) is 6. The van der Waals surface area contributed by atoms with Gasteiger partial charge >= 0.3 is 11.9 Å². The van der Waals surface area contributed by atoms with Crippen LogP contribution in [0.2, 0.25) is 0 Å². The predicted octanol–water partition coefficient (Wildman–Crippen LogP) is -0.916. The molecule has 1 aromatic carbocycles. The molecule has 0 aromatic heterocycles. The van der Waals surface area contributed by atoms with Gasteiger partial charge in [-0.2, -0.15) is 0 Å². The van der Waals surface area contributed by atoms with Crippen molar-refractivity contribution in [1.82, 2.24) is 14.7 Å². The van der Waals surface area contributed by atoms with Crippen molar-refractivity contribution in [3.05, 3.63) is 29.8 Å². The van der Waals surface area contributed by atoms with Gasteiger partial charge in [-0.1, -0.05) is 0 Å². The first-order chi connectivity index (χ1) is 15.0. The number of halogens is 1. The van der Waals surface area contributed by atoms with Crippen LogP contribution in [0.3, 0.4) is 0 Å². The van der Waals surface area contributed by atoms with Crippen LogP contribution in [0.4, 0.5) is 5.69 Å². The number of likely N-dealkylation sites (N-methyl/N-ethyl adjacent to an activating group) is 1. The number of rotatable bonds is 8. The van der Waals surface area contributed by atoms with Crippen molar-refractivity contribution in [2.75, 3.05) is 38.5 Å². The summed E-state index contributed by atoms with van der Waals surface area (Å²) >= 11 is 0. The van der Waals surface area contributed by atoms with Gasteiger partial charge in [-0.25, -0.2) is 0 Å². The maximum Gasteiger partial charge on any atom is 0.323 e. The molecule has 0 unspecified atom stereocenters. The average Bonchev–Trinajstić information content (AvgIpc) is 2.70. The van der Waals surface area contributed by atoms with Crippen LogP contribution in [0.25, 0.3) is 0 Å². The summed E-state index contributed by atoms with van der Waals surface area (Å²) in [5, 5.41) is 27.8. The second-order valence-corrected chi connectivity index (χ2v) is 7.13. The number of benzene rings is 1. The Hall–Kier alpha value is -3.87. The molecule has 1 aromatic rings. The van der Waals surface area contributed by atoms with Crippen LogP contribution in [0.5, 0.6) is 0 Å². The number of guanidine groups is 1. The summed E-state index contributed by atoms with van der Waals surface area (Å²) in [5.74, 6) is -4.72. The summed E-state index contributed by atoms with van der Waals surface area (Å²) in [4.78, 5) is 63.3. The first kappa shape index (κ1) is 27.2. The number of nitrogens with two attached hydrogens (primary N) is 1. The molecule has 0 saturated carbocycles. The Balaban J connectivity index is 0.00000544. The summed E-state index contributed by atoms with van der Waals surface area (Å²) in [6.45, 7) is -1.11. The highest BCUT2D eigenvalue weighted by atomic mass is 35.5. The highest BCUT2D eigenvalue weighted by Gasteiger charge is 2.39. The molecule has 1 aliphatic heterocycles. The van der Waals surface area contributed by atoms with E-state index < -0.39 is 55.2 Å². The Labute approximate surface area is 195 Å². The van der Waals surface area contributed by atoms with Crippen molar-refractivity contribution in [3.63, 3.8) is 0 Å². The number of nitrogens with zero attached hydrogens (tertiary/aromatic N) is 3. The number of anilines is 1. The van der Waals surface area contributed by atoms with Gasteiger partial charge in [-0.05, 0) is 24.3 Å². The van der Waals surface area contributed by atoms with E-state index in [0.717, 1.165) is 14.7 Å². The Morgan fingerprint density at radius 2 is 1.76 bits per heavy atom. The summed E-state index contributed by atoms with van der Waals surface area (Å²) in [7, 11) is 1.39. The third-order valence-corrected chi connectivity index (χ3v) is 4.73. The Bertz CT molecular complexity index is 939. The molecule has 0 radical (unpaired) electrons. The molecule has 0 bridgehead atoms. The maximum absolute atomic E-state index is 12.8. The molecule has 1 fully saturated rings. The number of piperazine rings is 1. The lowest BCUT2D eigenvalue weighted by Crippen LogP contribution is -2.61. The van der Waals surface area contributed by atoms with Crippen molar-refractivity contribution < 1.29 is 34.2 Å². The number of carbonyl (C=O) groups excluding carboxylic acids is 3. The number of nitrogens with one attached hydrogen (secondary N) is 2. The third kappa shape index (κ3) is 7.35. The van der Waals surface area contributed by atoms with Crippen molar-refractivity contribution in [3.8, 4) is 0 Å².